The van der Waals surface area contributed by atoms with Crippen molar-refractivity contribution in [1.82, 2.24) is 20.0 Å². The average molecular weight is 359 g/mol. The molecular weight excluding hydrogens is 338 g/mol. The summed E-state index contributed by atoms with van der Waals surface area (Å²) in [4.78, 5) is 11.5. The van der Waals surface area contributed by atoms with Gasteiger partial charge in [0.15, 0.2) is 0 Å². The fraction of sp³-hybridized carbons (Fsp3) is 0.333. The predicted octanol–water partition coefficient (Wildman–Crippen LogP) is 4.04. The number of aryl methyl sites for hydroxylation is 1. The Morgan fingerprint density at radius 3 is 3.04 bits per heavy atom. The third-order valence-electron chi connectivity index (χ3n) is 4.93. The number of piperidine rings is 1. The number of nitriles is 1. The fourth-order valence-corrected chi connectivity index (χ4v) is 3.57. The maximum absolute atomic E-state index is 9.09. The molecule has 0 N–H and O–H groups in total. The van der Waals surface area contributed by atoms with Crippen LogP contribution in [0.5, 0.6) is 0 Å². The highest BCUT2D eigenvalue weighted by atomic mass is 16.5. The Morgan fingerprint density at radius 2 is 2.19 bits per heavy atom. The number of rotatable bonds is 4. The van der Waals surface area contributed by atoms with Crippen LogP contribution in [-0.2, 0) is 6.54 Å². The quantitative estimate of drug-likeness (QED) is 0.699. The Hall–Kier alpha value is -3.04. The van der Waals surface area contributed by atoms with E-state index < -0.39 is 0 Å². The monoisotopic (exact) mass is 359 g/mol. The Labute approximate surface area is 158 Å². The summed E-state index contributed by atoms with van der Waals surface area (Å²) in [6, 6.07) is 13.7. The van der Waals surface area contributed by atoms with Crippen LogP contribution in [0.25, 0.3) is 11.4 Å². The fourth-order valence-electron chi connectivity index (χ4n) is 3.57. The average Bonchev–Trinajstić information content (AvgIpc) is 3.18. The van der Waals surface area contributed by atoms with E-state index in [4.69, 9.17) is 9.78 Å². The molecule has 4 rings (SSSR count). The Balaban J connectivity index is 1.57. The Bertz CT molecular complexity index is 974. The van der Waals surface area contributed by atoms with E-state index in [0.717, 1.165) is 43.6 Å². The summed E-state index contributed by atoms with van der Waals surface area (Å²) in [6.45, 7) is 3.84. The molecule has 1 fully saturated rings. The molecule has 1 atom stereocenters. The van der Waals surface area contributed by atoms with Gasteiger partial charge in [0.2, 0.25) is 11.7 Å². The number of pyridine rings is 1. The van der Waals surface area contributed by atoms with Gasteiger partial charge < -0.3 is 4.52 Å². The smallest absolute Gasteiger partial charge is 0.244 e. The van der Waals surface area contributed by atoms with Crippen LogP contribution in [0, 0.1) is 18.3 Å². The van der Waals surface area contributed by atoms with E-state index >= 15 is 0 Å². The number of hydrogen-bond acceptors (Lipinski definition) is 6. The lowest BCUT2D eigenvalue weighted by Crippen LogP contribution is -2.33. The second-order valence-electron chi connectivity index (χ2n) is 6.96. The van der Waals surface area contributed by atoms with Crippen molar-refractivity contribution in [2.75, 3.05) is 6.54 Å². The summed E-state index contributed by atoms with van der Waals surface area (Å²) in [5, 5.41) is 13.2. The molecule has 0 radical (unpaired) electrons. The molecule has 1 aromatic carbocycles. The molecule has 1 saturated heterocycles. The van der Waals surface area contributed by atoms with Crippen molar-refractivity contribution < 1.29 is 4.52 Å². The van der Waals surface area contributed by atoms with Crippen LogP contribution in [0.4, 0.5) is 0 Å². The Kier molecular flexibility index (Phi) is 4.95. The van der Waals surface area contributed by atoms with Crippen LogP contribution in [-0.4, -0.2) is 26.6 Å². The molecular formula is C21H21N5O. The van der Waals surface area contributed by atoms with Crippen molar-refractivity contribution in [3.8, 4) is 17.5 Å². The highest BCUT2D eigenvalue weighted by molar-refractivity contribution is 5.57. The molecule has 6 heteroatoms. The van der Waals surface area contributed by atoms with E-state index in [0.29, 0.717) is 17.3 Å². The second-order valence-corrected chi connectivity index (χ2v) is 6.96. The summed E-state index contributed by atoms with van der Waals surface area (Å²) in [5.74, 6) is 1.17. The molecule has 136 valence electrons. The summed E-state index contributed by atoms with van der Waals surface area (Å²) in [5.41, 5.74) is 3.66. The van der Waals surface area contributed by atoms with Crippen LogP contribution in [0.3, 0.4) is 0 Å². The van der Waals surface area contributed by atoms with Crippen molar-refractivity contribution >= 4 is 0 Å². The topological polar surface area (TPSA) is 78.8 Å². The first-order chi connectivity index (χ1) is 13.2. The highest BCUT2D eigenvalue weighted by Gasteiger charge is 2.29. The zero-order valence-electron chi connectivity index (χ0n) is 15.3. The number of aromatic nitrogens is 3. The van der Waals surface area contributed by atoms with E-state index in [9.17, 15) is 0 Å². The van der Waals surface area contributed by atoms with Gasteiger partial charge in [0, 0.05) is 18.3 Å². The van der Waals surface area contributed by atoms with E-state index in [-0.39, 0.29) is 6.04 Å². The molecule has 6 nitrogen and oxygen atoms in total. The Morgan fingerprint density at radius 1 is 1.26 bits per heavy atom. The van der Waals surface area contributed by atoms with Gasteiger partial charge in [-0.05, 0) is 56.1 Å². The van der Waals surface area contributed by atoms with Crippen molar-refractivity contribution in [3.05, 3.63) is 65.3 Å². The first-order valence-electron chi connectivity index (χ1n) is 9.22. The maximum atomic E-state index is 9.09. The van der Waals surface area contributed by atoms with Crippen LogP contribution in [0.15, 0.2) is 47.1 Å². The van der Waals surface area contributed by atoms with Gasteiger partial charge in [0.25, 0.3) is 0 Å². The molecule has 2 aromatic heterocycles. The maximum Gasteiger partial charge on any atom is 0.244 e. The molecule has 3 aromatic rings. The minimum atomic E-state index is 0.0986. The normalized spacial score (nSPS) is 17.6. The van der Waals surface area contributed by atoms with Gasteiger partial charge >= 0.3 is 0 Å². The summed E-state index contributed by atoms with van der Waals surface area (Å²) >= 11 is 0. The van der Waals surface area contributed by atoms with Crippen molar-refractivity contribution in [3.63, 3.8) is 0 Å². The molecule has 0 bridgehead atoms. The first-order valence-corrected chi connectivity index (χ1v) is 9.22. The van der Waals surface area contributed by atoms with Crippen LogP contribution < -0.4 is 0 Å². The van der Waals surface area contributed by atoms with Gasteiger partial charge in [-0.2, -0.15) is 10.2 Å². The third kappa shape index (κ3) is 3.88. The zero-order valence-corrected chi connectivity index (χ0v) is 15.3. The lowest BCUT2D eigenvalue weighted by Gasteiger charge is -2.33. The standard InChI is InChI=1S/C21H21N5O/c1-15-8-9-23-18(11-15)14-26-10-3-2-7-19(26)21-24-20(25-27-21)17-6-4-5-16(12-17)13-22/h4-6,8-9,11-12,19H,2-3,7,10,14H2,1H3. The SMILES string of the molecule is Cc1ccnc(CN2CCCCC2c2nc(-c3cccc(C#N)c3)no2)c1. The molecule has 1 aliphatic rings. The van der Waals surface area contributed by atoms with Gasteiger partial charge in [-0.1, -0.05) is 23.7 Å². The predicted molar refractivity (Wildman–Crippen MR) is 100 cm³/mol. The van der Waals surface area contributed by atoms with Crippen LogP contribution in [0.2, 0.25) is 0 Å². The van der Waals surface area contributed by atoms with Crippen LogP contribution in [0.1, 0.15) is 48.0 Å². The van der Waals surface area contributed by atoms with Crippen molar-refractivity contribution in [2.24, 2.45) is 0 Å². The van der Waals surface area contributed by atoms with Gasteiger partial charge in [0.05, 0.1) is 23.4 Å². The summed E-state index contributed by atoms with van der Waals surface area (Å²) < 4.78 is 5.62. The lowest BCUT2D eigenvalue weighted by atomic mass is 10.0. The van der Waals surface area contributed by atoms with Gasteiger partial charge in [-0.3, -0.25) is 9.88 Å². The molecule has 0 saturated carbocycles. The minimum Gasteiger partial charge on any atom is -0.337 e. The van der Waals surface area contributed by atoms with E-state index in [1.54, 1.807) is 12.1 Å². The van der Waals surface area contributed by atoms with Gasteiger partial charge in [-0.15, -0.1) is 0 Å². The van der Waals surface area contributed by atoms with E-state index in [1.807, 2.05) is 24.4 Å². The molecule has 27 heavy (non-hydrogen) atoms. The third-order valence-corrected chi connectivity index (χ3v) is 4.93. The molecule has 1 aliphatic heterocycles. The summed E-state index contributed by atoms with van der Waals surface area (Å²) in [6.07, 6.45) is 5.15. The molecule has 0 aliphatic carbocycles. The van der Waals surface area contributed by atoms with Crippen LogP contribution >= 0.6 is 0 Å². The zero-order chi connectivity index (χ0) is 18.6. The highest BCUT2D eigenvalue weighted by Crippen LogP contribution is 2.32. The number of nitrogens with zero attached hydrogens (tertiary/aromatic N) is 5. The first kappa shape index (κ1) is 17.4. The molecule has 3 heterocycles. The molecule has 0 amide bonds. The van der Waals surface area contributed by atoms with Gasteiger partial charge in [0.1, 0.15) is 0 Å². The number of benzene rings is 1. The van der Waals surface area contributed by atoms with E-state index in [2.05, 4.69) is 39.1 Å². The number of likely N-dealkylation sites (tertiary alicyclic amines) is 1. The number of hydrogen-bond donors (Lipinski definition) is 0. The van der Waals surface area contributed by atoms with Gasteiger partial charge in [-0.25, -0.2) is 0 Å². The van der Waals surface area contributed by atoms with E-state index in [1.165, 1.54) is 5.56 Å². The van der Waals surface area contributed by atoms with Crippen molar-refractivity contribution in [2.45, 2.75) is 38.8 Å². The summed E-state index contributed by atoms with van der Waals surface area (Å²) in [7, 11) is 0. The second kappa shape index (κ2) is 7.68. The van der Waals surface area contributed by atoms with Crippen molar-refractivity contribution in [1.29, 1.82) is 5.26 Å². The largest absolute Gasteiger partial charge is 0.337 e. The molecule has 1 unspecified atom stereocenters. The molecule has 0 spiro atoms. The minimum absolute atomic E-state index is 0.0986. The lowest BCUT2D eigenvalue weighted by molar-refractivity contribution is 0.110.